The highest BCUT2D eigenvalue weighted by Gasteiger charge is 2.25. The molecule has 2 rings (SSSR count). The molecule has 0 bridgehead atoms. The maximum Gasteiger partial charge on any atom is 0.320 e. The van der Waals surface area contributed by atoms with Crippen molar-refractivity contribution in [3.05, 3.63) is 35.4 Å². The molecule has 3 atom stereocenters. The lowest BCUT2D eigenvalue weighted by Gasteiger charge is -2.16. The van der Waals surface area contributed by atoms with Crippen molar-refractivity contribution in [1.29, 1.82) is 0 Å². The molecule has 1 aromatic carbocycles. The van der Waals surface area contributed by atoms with Crippen molar-refractivity contribution < 1.29 is 14.6 Å². The summed E-state index contributed by atoms with van der Waals surface area (Å²) in [5.41, 5.74) is 7.84. The van der Waals surface area contributed by atoms with E-state index in [2.05, 4.69) is 19.1 Å². The van der Waals surface area contributed by atoms with Crippen molar-refractivity contribution in [2.24, 2.45) is 11.7 Å². The molecule has 1 fully saturated rings. The van der Waals surface area contributed by atoms with E-state index in [1.807, 2.05) is 12.1 Å². The van der Waals surface area contributed by atoms with Crippen LogP contribution in [0.1, 0.15) is 50.2 Å². The summed E-state index contributed by atoms with van der Waals surface area (Å²) in [7, 11) is 0. The second-order valence-electron chi connectivity index (χ2n) is 6.58. The molecule has 0 aromatic heterocycles. The molecule has 23 heavy (non-hydrogen) atoms. The van der Waals surface area contributed by atoms with E-state index in [-0.39, 0.29) is 0 Å². The summed E-state index contributed by atoms with van der Waals surface area (Å²) in [5.74, 6) is -0.193. The summed E-state index contributed by atoms with van der Waals surface area (Å²) in [4.78, 5) is 10.8. The quantitative estimate of drug-likeness (QED) is 0.686. The third-order valence-corrected chi connectivity index (χ3v) is 4.87. The maximum absolute atomic E-state index is 10.8. The normalized spacial score (nSPS) is 22.2. The second kappa shape index (κ2) is 9.04. The van der Waals surface area contributed by atoms with Gasteiger partial charge in [0.25, 0.3) is 0 Å². The third kappa shape index (κ3) is 5.63. The van der Waals surface area contributed by atoms with Crippen molar-refractivity contribution in [3.8, 4) is 0 Å². The van der Waals surface area contributed by atoms with E-state index in [1.165, 1.54) is 37.7 Å². The van der Waals surface area contributed by atoms with Gasteiger partial charge < -0.3 is 15.6 Å². The Morgan fingerprint density at radius 2 is 2.00 bits per heavy atom. The predicted molar refractivity (Wildman–Crippen MR) is 91.5 cm³/mol. The third-order valence-electron chi connectivity index (χ3n) is 4.87. The Morgan fingerprint density at radius 1 is 1.30 bits per heavy atom. The van der Waals surface area contributed by atoms with Crippen LogP contribution in [-0.2, 0) is 22.4 Å². The van der Waals surface area contributed by atoms with Gasteiger partial charge >= 0.3 is 5.97 Å². The van der Waals surface area contributed by atoms with Gasteiger partial charge in [-0.2, -0.15) is 0 Å². The van der Waals surface area contributed by atoms with Gasteiger partial charge in [0.05, 0.1) is 6.10 Å². The first-order chi connectivity index (χ1) is 11.1. The predicted octanol–water partition coefficient (Wildman–Crippen LogP) is 3.17. The molecule has 4 nitrogen and oxygen atoms in total. The number of hydrogen-bond acceptors (Lipinski definition) is 3. The second-order valence-corrected chi connectivity index (χ2v) is 6.58. The Labute approximate surface area is 139 Å². The fourth-order valence-electron chi connectivity index (χ4n) is 3.34. The smallest absolute Gasteiger partial charge is 0.320 e. The molecule has 0 saturated carbocycles. The van der Waals surface area contributed by atoms with Crippen molar-refractivity contribution in [2.45, 2.75) is 64.0 Å². The zero-order valence-electron chi connectivity index (χ0n) is 14.0. The Balaban J connectivity index is 1.69. The number of nitrogens with two attached hydrogens (primary N) is 1. The van der Waals surface area contributed by atoms with Crippen molar-refractivity contribution in [2.75, 3.05) is 6.61 Å². The van der Waals surface area contributed by atoms with Crippen LogP contribution in [0.3, 0.4) is 0 Å². The van der Waals surface area contributed by atoms with E-state index >= 15 is 0 Å². The number of aliphatic carboxylic acids is 1. The molecule has 128 valence electrons. The first-order valence-electron chi connectivity index (χ1n) is 8.78. The molecule has 1 aromatic rings. The largest absolute Gasteiger partial charge is 0.480 e. The number of rotatable bonds is 9. The van der Waals surface area contributed by atoms with Crippen LogP contribution in [0.25, 0.3) is 0 Å². The highest BCUT2D eigenvalue weighted by molar-refractivity contribution is 5.73. The minimum Gasteiger partial charge on any atom is -0.480 e. The number of aryl methyl sites for hydroxylation is 1. The summed E-state index contributed by atoms with van der Waals surface area (Å²) in [6, 6.07) is 7.34. The number of unbranched alkanes of at least 4 members (excludes halogenated alkanes) is 1. The Bertz CT molecular complexity index is 486. The molecule has 4 heteroatoms. The SMILES string of the molecule is CCC1CCOC1CCCCc1ccc(CC(N)C(=O)O)cc1. The van der Waals surface area contributed by atoms with E-state index in [9.17, 15) is 4.79 Å². The maximum atomic E-state index is 10.8. The summed E-state index contributed by atoms with van der Waals surface area (Å²) in [6.07, 6.45) is 7.91. The highest BCUT2D eigenvalue weighted by Crippen LogP contribution is 2.27. The summed E-state index contributed by atoms with van der Waals surface area (Å²) in [6.45, 7) is 3.19. The minimum absolute atomic E-state index is 0.382. The van der Waals surface area contributed by atoms with E-state index in [0.29, 0.717) is 12.5 Å². The number of carboxylic acid groups (broad SMARTS) is 1. The van der Waals surface area contributed by atoms with Crippen molar-refractivity contribution >= 4 is 5.97 Å². The van der Waals surface area contributed by atoms with Crippen LogP contribution in [0, 0.1) is 5.92 Å². The number of carboxylic acids is 1. The van der Waals surface area contributed by atoms with Crippen LogP contribution in [0.5, 0.6) is 0 Å². The van der Waals surface area contributed by atoms with Crippen LogP contribution in [0.2, 0.25) is 0 Å². The topological polar surface area (TPSA) is 72.5 Å². The first-order valence-corrected chi connectivity index (χ1v) is 8.78. The molecule has 1 aliphatic heterocycles. The lowest BCUT2D eigenvalue weighted by atomic mass is 9.94. The van der Waals surface area contributed by atoms with Gasteiger partial charge in [-0.15, -0.1) is 0 Å². The fourth-order valence-corrected chi connectivity index (χ4v) is 3.34. The van der Waals surface area contributed by atoms with Crippen molar-refractivity contribution in [3.63, 3.8) is 0 Å². The van der Waals surface area contributed by atoms with E-state index in [0.717, 1.165) is 24.5 Å². The van der Waals surface area contributed by atoms with E-state index in [1.54, 1.807) is 0 Å². The summed E-state index contributed by atoms with van der Waals surface area (Å²) < 4.78 is 5.82. The van der Waals surface area contributed by atoms with Crippen LogP contribution >= 0.6 is 0 Å². The van der Waals surface area contributed by atoms with Crippen LogP contribution in [-0.4, -0.2) is 29.8 Å². The first kappa shape index (κ1) is 18.0. The van der Waals surface area contributed by atoms with E-state index in [4.69, 9.17) is 15.6 Å². The van der Waals surface area contributed by atoms with Gasteiger partial charge in [-0.25, -0.2) is 0 Å². The van der Waals surface area contributed by atoms with Gasteiger partial charge in [0.2, 0.25) is 0 Å². The molecule has 1 saturated heterocycles. The van der Waals surface area contributed by atoms with Gasteiger partial charge in [0.15, 0.2) is 0 Å². The zero-order valence-corrected chi connectivity index (χ0v) is 14.0. The summed E-state index contributed by atoms with van der Waals surface area (Å²) >= 11 is 0. The lowest BCUT2D eigenvalue weighted by molar-refractivity contribution is -0.138. The minimum atomic E-state index is -0.950. The molecule has 0 aliphatic carbocycles. The highest BCUT2D eigenvalue weighted by atomic mass is 16.5. The fraction of sp³-hybridized carbons (Fsp3) is 0.632. The molecule has 3 unspecified atom stereocenters. The molecular formula is C19H29NO3. The Morgan fingerprint density at radius 3 is 2.65 bits per heavy atom. The zero-order chi connectivity index (χ0) is 16.7. The number of ether oxygens (including phenoxy) is 1. The molecule has 1 heterocycles. The number of carbonyl (C=O) groups is 1. The molecule has 3 N–H and O–H groups in total. The van der Waals surface area contributed by atoms with Gasteiger partial charge in [-0.1, -0.05) is 44.0 Å². The van der Waals surface area contributed by atoms with Gasteiger partial charge in [-0.3, -0.25) is 4.79 Å². The number of hydrogen-bond donors (Lipinski definition) is 2. The number of benzene rings is 1. The van der Waals surface area contributed by atoms with Gasteiger partial charge in [0, 0.05) is 6.61 Å². The Hall–Kier alpha value is -1.39. The van der Waals surface area contributed by atoms with Crippen LogP contribution < -0.4 is 5.73 Å². The molecule has 1 aliphatic rings. The Kier molecular flexibility index (Phi) is 7.06. The average Bonchev–Trinajstić information content (AvgIpc) is 3.00. The molecule has 0 radical (unpaired) electrons. The monoisotopic (exact) mass is 319 g/mol. The van der Waals surface area contributed by atoms with E-state index < -0.39 is 12.0 Å². The standard InChI is InChI=1S/C19H29NO3/c1-2-16-11-12-23-18(16)6-4-3-5-14-7-9-15(10-8-14)13-17(20)19(21)22/h7-10,16-18H,2-6,11-13,20H2,1H3,(H,21,22). The molecule has 0 spiro atoms. The van der Waals surface area contributed by atoms with Gasteiger partial charge in [0.1, 0.15) is 6.04 Å². The van der Waals surface area contributed by atoms with Crippen LogP contribution in [0.4, 0.5) is 0 Å². The summed E-state index contributed by atoms with van der Waals surface area (Å²) in [5, 5.41) is 8.83. The van der Waals surface area contributed by atoms with Crippen LogP contribution in [0.15, 0.2) is 24.3 Å². The van der Waals surface area contributed by atoms with Crippen molar-refractivity contribution in [1.82, 2.24) is 0 Å². The molecule has 0 amide bonds. The van der Waals surface area contributed by atoms with Gasteiger partial charge in [-0.05, 0) is 49.1 Å². The average molecular weight is 319 g/mol. The molecular weight excluding hydrogens is 290 g/mol. The lowest BCUT2D eigenvalue weighted by Crippen LogP contribution is -2.32.